The fourth-order valence-electron chi connectivity index (χ4n) is 0. The third-order valence-electron chi connectivity index (χ3n) is 0.267. The second-order valence-electron chi connectivity index (χ2n) is 0.946. The third-order valence-corrected chi connectivity index (χ3v) is 0.267. The third kappa shape index (κ3) is 11.2. The number of nitrogens with two attached hydrogens (primary N) is 1. The summed E-state index contributed by atoms with van der Waals surface area (Å²) in [5, 5.41) is 0. The van der Waals surface area contributed by atoms with Crippen molar-refractivity contribution in [3.05, 3.63) is 0 Å². The molecule has 0 fully saturated rings. The van der Waals surface area contributed by atoms with Crippen LogP contribution in [0.5, 0.6) is 0 Å². The Kier molecular flexibility index (Phi) is 6.99. The van der Waals surface area contributed by atoms with E-state index in [0.29, 0.717) is 0 Å². The van der Waals surface area contributed by atoms with Gasteiger partial charge in [-0.3, -0.25) is 0 Å². The SMILES string of the molecule is NC[B-](F)(F)F.[K+]. The van der Waals surface area contributed by atoms with E-state index in [1.165, 1.54) is 0 Å². The fraction of sp³-hybridized carbons (Fsp3) is 1.00. The zero-order valence-corrected chi connectivity index (χ0v) is 7.12. The van der Waals surface area contributed by atoms with E-state index in [4.69, 9.17) is 0 Å². The Bertz CT molecular complexity index is 44.7. The molecule has 6 heteroatoms. The van der Waals surface area contributed by atoms with Crippen molar-refractivity contribution in [3.63, 3.8) is 0 Å². The predicted octanol–water partition coefficient (Wildman–Crippen LogP) is -2.66. The first-order valence-corrected chi connectivity index (χ1v) is 1.47. The quantitative estimate of drug-likeness (QED) is 0.392. The van der Waals surface area contributed by atoms with Gasteiger partial charge >= 0.3 is 58.4 Å². The maximum Gasteiger partial charge on any atom is 1.00 e. The standard InChI is InChI=1S/CH4BF3N.K/c3-2(4,5)1-6;/h1,6H2;/q-1;+1. The Hall–Kier alpha value is 1.45. The molecular formula is CH4BF3KN. The van der Waals surface area contributed by atoms with Gasteiger partial charge in [0.1, 0.15) is 0 Å². The molecule has 0 atom stereocenters. The van der Waals surface area contributed by atoms with Gasteiger partial charge in [-0.05, 0) is 6.44 Å². The molecule has 0 aliphatic rings. The summed E-state index contributed by atoms with van der Waals surface area (Å²) < 4.78 is 32.2. The summed E-state index contributed by atoms with van der Waals surface area (Å²) >= 11 is 0. The summed E-state index contributed by atoms with van der Waals surface area (Å²) in [5.41, 5.74) is 4.21. The molecule has 0 saturated carbocycles. The van der Waals surface area contributed by atoms with E-state index < -0.39 is 13.4 Å². The molecule has 0 rings (SSSR count). The van der Waals surface area contributed by atoms with E-state index in [9.17, 15) is 12.9 Å². The summed E-state index contributed by atoms with van der Waals surface area (Å²) in [6, 6.07) is 0. The van der Waals surface area contributed by atoms with Crippen LogP contribution in [0.15, 0.2) is 0 Å². The van der Waals surface area contributed by atoms with E-state index in [1.54, 1.807) is 0 Å². The number of hydrogen-bond donors (Lipinski definition) is 1. The molecule has 0 spiro atoms. The molecule has 0 aliphatic heterocycles. The molecule has 0 bridgehead atoms. The molecule has 0 saturated heterocycles. The maximum absolute atomic E-state index is 10.7. The van der Waals surface area contributed by atoms with Gasteiger partial charge in [0.05, 0.1) is 0 Å². The molecule has 1 nitrogen and oxygen atoms in total. The molecule has 0 aromatic heterocycles. The molecule has 0 heterocycles. The van der Waals surface area contributed by atoms with Gasteiger partial charge in [-0.15, -0.1) is 0 Å². The molecular weight excluding hydrogens is 133 g/mol. The molecule has 0 unspecified atom stereocenters. The maximum atomic E-state index is 10.7. The molecule has 7 heavy (non-hydrogen) atoms. The predicted molar refractivity (Wildman–Crippen MR) is 18.1 cm³/mol. The zero-order chi connectivity index (χ0) is 5.21. The van der Waals surface area contributed by atoms with Crippen molar-refractivity contribution in [3.8, 4) is 0 Å². The largest absolute Gasteiger partial charge is 1.00 e. The van der Waals surface area contributed by atoms with Crippen molar-refractivity contribution in [1.29, 1.82) is 0 Å². The molecule has 0 radical (unpaired) electrons. The van der Waals surface area contributed by atoms with Crippen LogP contribution in [-0.2, 0) is 0 Å². The van der Waals surface area contributed by atoms with E-state index in [0.717, 1.165) is 0 Å². The van der Waals surface area contributed by atoms with Gasteiger partial charge in [0.15, 0.2) is 0 Å². The zero-order valence-electron chi connectivity index (χ0n) is 4.00. The first kappa shape index (κ1) is 11.3. The Morgan fingerprint density at radius 2 is 1.43 bits per heavy atom. The summed E-state index contributed by atoms with van der Waals surface area (Å²) in [6.07, 6.45) is -1.17. The van der Waals surface area contributed by atoms with Gasteiger partial charge in [0, 0.05) is 0 Å². The molecule has 0 amide bonds. The molecule has 0 aromatic carbocycles. The van der Waals surface area contributed by atoms with E-state index in [-0.39, 0.29) is 51.4 Å². The molecule has 0 aliphatic carbocycles. The Morgan fingerprint density at radius 3 is 1.43 bits per heavy atom. The van der Waals surface area contributed by atoms with Crippen LogP contribution in [0.4, 0.5) is 12.9 Å². The summed E-state index contributed by atoms with van der Waals surface area (Å²) in [6.45, 7) is -4.71. The minimum absolute atomic E-state index is 0. The number of rotatable bonds is 1. The van der Waals surface area contributed by atoms with Crippen LogP contribution in [0.2, 0.25) is 0 Å². The smallest absolute Gasteiger partial charge is 0.448 e. The topological polar surface area (TPSA) is 26.0 Å². The fourth-order valence-corrected chi connectivity index (χ4v) is 0. The van der Waals surface area contributed by atoms with Crippen LogP contribution in [0, 0.1) is 0 Å². The van der Waals surface area contributed by atoms with Gasteiger partial charge in [0.2, 0.25) is 0 Å². The number of hydrogen-bond acceptors (Lipinski definition) is 1. The Morgan fingerprint density at radius 1 is 1.29 bits per heavy atom. The van der Waals surface area contributed by atoms with Crippen molar-refractivity contribution >= 4 is 6.98 Å². The van der Waals surface area contributed by atoms with Crippen molar-refractivity contribution in [2.45, 2.75) is 0 Å². The van der Waals surface area contributed by atoms with Crippen molar-refractivity contribution in [2.24, 2.45) is 5.73 Å². The average Bonchev–Trinajstić information content (AvgIpc) is 1.35. The second-order valence-corrected chi connectivity index (χ2v) is 0.946. The second kappa shape index (κ2) is 4.34. The minimum atomic E-state index is -4.71. The average molecular weight is 137 g/mol. The Balaban J connectivity index is 0. The Labute approximate surface area is 82.3 Å². The molecule has 0 aromatic rings. The van der Waals surface area contributed by atoms with E-state index in [2.05, 4.69) is 5.73 Å². The molecule has 2 N–H and O–H groups in total. The van der Waals surface area contributed by atoms with Crippen LogP contribution in [0.3, 0.4) is 0 Å². The summed E-state index contributed by atoms with van der Waals surface area (Å²) in [7, 11) is 0. The normalized spacial score (nSPS) is 10.3. The summed E-state index contributed by atoms with van der Waals surface area (Å²) in [4.78, 5) is 0. The van der Waals surface area contributed by atoms with Gasteiger partial charge in [-0.25, -0.2) is 0 Å². The van der Waals surface area contributed by atoms with Gasteiger partial charge < -0.3 is 18.7 Å². The minimum Gasteiger partial charge on any atom is -0.448 e. The van der Waals surface area contributed by atoms with E-state index >= 15 is 0 Å². The van der Waals surface area contributed by atoms with Crippen LogP contribution in [-0.4, -0.2) is 13.4 Å². The van der Waals surface area contributed by atoms with E-state index in [1.807, 2.05) is 0 Å². The van der Waals surface area contributed by atoms with Crippen LogP contribution in [0.1, 0.15) is 0 Å². The van der Waals surface area contributed by atoms with Gasteiger partial charge in [-0.2, -0.15) is 0 Å². The van der Waals surface area contributed by atoms with Gasteiger partial charge in [0.25, 0.3) is 0 Å². The molecule has 38 valence electrons. The van der Waals surface area contributed by atoms with Crippen molar-refractivity contribution in [2.75, 3.05) is 6.44 Å². The first-order valence-electron chi connectivity index (χ1n) is 1.47. The van der Waals surface area contributed by atoms with Gasteiger partial charge in [-0.1, -0.05) is 0 Å². The first-order chi connectivity index (χ1) is 2.56. The van der Waals surface area contributed by atoms with Crippen molar-refractivity contribution < 1.29 is 64.3 Å². The van der Waals surface area contributed by atoms with Crippen LogP contribution >= 0.6 is 0 Å². The van der Waals surface area contributed by atoms with Crippen LogP contribution in [0.25, 0.3) is 0 Å². The van der Waals surface area contributed by atoms with Crippen molar-refractivity contribution in [1.82, 2.24) is 0 Å². The summed E-state index contributed by atoms with van der Waals surface area (Å²) in [5.74, 6) is 0. The number of halogens is 3. The monoisotopic (exact) mass is 137 g/mol. The van der Waals surface area contributed by atoms with Crippen LogP contribution < -0.4 is 57.1 Å².